The van der Waals surface area contributed by atoms with E-state index in [1.165, 1.54) is 0 Å². The molecule has 3 aromatic heterocycles. The van der Waals surface area contributed by atoms with Crippen LogP contribution >= 0.6 is 0 Å². The summed E-state index contributed by atoms with van der Waals surface area (Å²) in [5.41, 5.74) is 0.522. The van der Waals surface area contributed by atoms with Crippen LogP contribution in [0.3, 0.4) is 0 Å². The number of hydrogen-bond donors (Lipinski definition) is 2. The average Bonchev–Trinajstić information content (AvgIpc) is 2.37. The van der Waals surface area contributed by atoms with Gasteiger partial charge in [0.1, 0.15) is 5.82 Å². The third-order valence-corrected chi connectivity index (χ3v) is 2.75. The third-order valence-electron chi connectivity index (χ3n) is 2.75. The van der Waals surface area contributed by atoms with E-state index in [0.29, 0.717) is 10.9 Å². The van der Waals surface area contributed by atoms with Crippen LogP contribution in [0.1, 0.15) is 0 Å². The molecule has 5 nitrogen and oxygen atoms in total. The zero-order valence-electron chi connectivity index (χ0n) is 9.19. The van der Waals surface area contributed by atoms with E-state index in [4.69, 9.17) is 0 Å². The van der Waals surface area contributed by atoms with E-state index in [1.54, 1.807) is 31.7 Å². The Morgan fingerprint density at radius 1 is 1.29 bits per heavy atom. The first-order valence-corrected chi connectivity index (χ1v) is 5.24. The maximum Gasteiger partial charge on any atom is 0.258 e. The maximum absolute atomic E-state index is 11.8. The van der Waals surface area contributed by atoms with Gasteiger partial charge in [0.2, 0.25) is 0 Å². The summed E-state index contributed by atoms with van der Waals surface area (Å²) in [7, 11) is 1.81. The van der Waals surface area contributed by atoms with Crippen LogP contribution in [0.4, 0.5) is 5.82 Å². The van der Waals surface area contributed by atoms with Gasteiger partial charge in [-0.3, -0.25) is 9.78 Å². The fourth-order valence-electron chi connectivity index (χ4n) is 1.99. The zero-order valence-corrected chi connectivity index (χ0v) is 9.19. The van der Waals surface area contributed by atoms with Gasteiger partial charge < -0.3 is 10.3 Å². The van der Waals surface area contributed by atoms with Crippen molar-refractivity contribution in [1.29, 1.82) is 0 Å². The van der Waals surface area contributed by atoms with E-state index in [9.17, 15) is 4.79 Å². The molecule has 2 N–H and O–H groups in total. The van der Waals surface area contributed by atoms with Crippen LogP contribution in [-0.4, -0.2) is 22.0 Å². The van der Waals surface area contributed by atoms with Gasteiger partial charge in [-0.1, -0.05) is 0 Å². The van der Waals surface area contributed by atoms with E-state index >= 15 is 0 Å². The van der Waals surface area contributed by atoms with Crippen LogP contribution in [0.2, 0.25) is 0 Å². The first-order valence-electron chi connectivity index (χ1n) is 5.24. The Bertz CT molecular complexity index is 763. The molecule has 3 heterocycles. The lowest BCUT2D eigenvalue weighted by Gasteiger charge is -2.07. The van der Waals surface area contributed by atoms with E-state index in [2.05, 4.69) is 20.3 Å². The molecule has 0 radical (unpaired) electrons. The van der Waals surface area contributed by atoms with Gasteiger partial charge in [0.15, 0.2) is 0 Å². The third kappa shape index (κ3) is 1.36. The lowest BCUT2D eigenvalue weighted by molar-refractivity contribution is 1.25. The minimum absolute atomic E-state index is 0.143. The Morgan fingerprint density at radius 2 is 2.18 bits per heavy atom. The second-order valence-electron chi connectivity index (χ2n) is 3.70. The summed E-state index contributed by atoms with van der Waals surface area (Å²) in [4.78, 5) is 23.0. The predicted octanol–water partition coefficient (Wildman–Crippen LogP) is 1.51. The number of rotatable bonds is 1. The first kappa shape index (κ1) is 9.77. The second-order valence-corrected chi connectivity index (χ2v) is 3.70. The van der Waals surface area contributed by atoms with Crippen molar-refractivity contribution in [3.05, 3.63) is 41.1 Å². The minimum Gasteiger partial charge on any atom is -0.373 e. The van der Waals surface area contributed by atoms with Gasteiger partial charge in [0, 0.05) is 36.4 Å². The van der Waals surface area contributed by atoms with Crippen molar-refractivity contribution in [3.8, 4) is 0 Å². The number of pyridine rings is 3. The fraction of sp³-hybridized carbons (Fsp3) is 0.0833. The molecular formula is C12H10N4O. The van der Waals surface area contributed by atoms with Crippen LogP contribution in [0, 0.1) is 0 Å². The molecule has 3 rings (SSSR count). The molecule has 0 bridgehead atoms. The number of fused-ring (bicyclic) bond motifs is 3. The molecule has 0 saturated heterocycles. The topological polar surface area (TPSA) is 70.7 Å². The van der Waals surface area contributed by atoms with Crippen molar-refractivity contribution in [2.75, 3.05) is 12.4 Å². The number of anilines is 1. The highest BCUT2D eigenvalue weighted by Gasteiger charge is 2.09. The Balaban J connectivity index is 2.65. The van der Waals surface area contributed by atoms with Crippen LogP contribution in [0.5, 0.6) is 0 Å². The predicted molar refractivity (Wildman–Crippen MR) is 67.2 cm³/mol. The lowest BCUT2D eigenvalue weighted by atomic mass is 10.1. The molecule has 0 atom stereocenters. The monoisotopic (exact) mass is 226 g/mol. The molecule has 0 saturated carbocycles. The summed E-state index contributed by atoms with van der Waals surface area (Å²) in [6, 6.07) is 3.63. The van der Waals surface area contributed by atoms with Crippen molar-refractivity contribution in [3.63, 3.8) is 0 Å². The minimum atomic E-state index is -0.143. The van der Waals surface area contributed by atoms with Crippen molar-refractivity contribution >= 4 is 27.5 Å². The molecule has 84 valence electrons. The largest absolute Gasteiger partial charge is 0.373 e. The van der Waals surface area contributed by atoms with E-state index in [-0.39, 0.29) is 5.56 Å². The highest BCUT2D eigenvalue weighted by molar-refractivity contribution is 6.09. The molecule has 17 heavy (non-hydrogen) atoms. The van der Waals surface area contributed by atoms with E-state index in [1.807, 2.05) is 6.07 Å². The van der Waals surface area contributed by atoms with Gasteiger partial charge in [0.05, 0.1) is 10.9 Å². The Morgan fingerprint density at radius 3 is 3.00 bits per heavy atom. The fourth-order valence-corrected chi connectivity index (χ4v) is 1.99. The summed E-state index contributed by atoms with van der Waals surface area (Å²) in [5.74, 6) is 0.750. The molecule has 0 aliphatic rings. The molecule has 5 heteroatoms. The molecule has 0 amide bonds. The number of aromatic amines is 1. The van der Waals surface area contributed by atoms with Crippen molar-refractivity contribution in [2.24, 2.45) is 0 Å². The molecule has 0 aliphatic carbocycles. The molecule has 0 fully saturated rings. The van der Waals surface area contributed by atoms with Gasteiger partial charge in [-0.25, -0.2) is 4.98 Å². The number of nitrogens with one attached hydrogen (secondary N) is 2. The normalized spacial score (nSPS) is 10.9. The summed E-state index contributed by atoms with van der Waals surface area (Å²) in [6.45, 7) is 0. The van der Waals surface area contributed by atoms with Crippen molar-refractivity contribution in [1.82, 2.24) is 15.0 Å². The van der Waals surface area contributed by atoms with Gasteiger partial charge in [-0.2, -0.15) is 0 Å². The standard InChI is InChI=1S/C12H10N4O/c1-13-11-7-2-4-14-6-8(7)10-9(16-11)3-5-15-12(10)17/h2-6H,1H3,(H,13,16)(H,15,17). The molecule has 0 spiro atoms. The number of aromatic nitrogens is 3. The smallest absolute Gasteiger partial charge is 0.258 e. The number of hydrogen-bond acceptors (Lipinski definition) is 4. The Labute approximate surface area is 96.5 Å². The number of nitrogens with zero attached hydrogens (tertiary/aromatic N) is 2. The number of H-pyrrole nitrogens is 1. The quantitative estimate of drug-likeness (QED) is 0.617. The van der Waals surface area contributed by atoms with Crippen LogP contribution in [0.25, 0.3) is 21.7 Å². The summed E-state index contributed by atoms with van der Waals surface area (Å²) >= 11 is 0. The average molecular weight is 226 g/mol. The molecule has 3 aromatic rings. The second kappa shape index (κ2) is 3.55. The highest BCUT2D eigenvalue weighted by atomic mass is 16.1. The SMILES string of the molecule is CNc1nc2cc[nH]c(=O)c2c2cnccc12. The highest BCUT2D eigenvalue weighted by Crippen LogP contribution is 2.25. The lowest BCUT2D eigenvalue weighted by Crippen LogP contribution is -2.07. The molecule has 0 unspecified atom stereocenters. The molecule has 0 aromatic carbocycles. The van der Waals surface area contributed by atoms with E-state index < -0.39 is 0 Å². The Kier molecular flexibility index (Phi) is 2.04. The van der Waals surface area contributed by atoms with E-state index in [0.717, 1.165) is 16.6 Å². The van der Waals surface area contributed by atoms with Gasteiger partial charge >= 0.3 is 0 Å². The maximum atomic E-state index is 11.8. The van der Waals surface area contributed by atoms with Crippen LogP contribution < -0.4 is 10.9 Å². The Hall–Kier alpha value is -2.43. The molecule has 0 aliphatic heterocycles. The van der Waals surface area contributed by atoms with Crippen molar-refractivity contribution < 1.29 is 0 Å². The van der Waals surface area contributed by atoms with Crippen LogP contribution in [-0.2, 0) is 0 Å². The summed E-state index contributed by atoms with van der Waals surface area (Å²) in [6.07, 6.45) is 4.97. The van der Waals surface area contributed by atoms with Crippen LogP contribution in [0.15, 0.2) is 35.5 Å². The molecular weight excluding hydrogens is 216 g/mol. The first-order chi connectivity index (χ1) is 8.31. The summed E-state index contributed by atoms with van der Waals surface area (Å²) < 4.78 is 0. The van der Waals surface area contributed by atoms with Crippen molar-refractivity contribution in [2.45, 2.75) is 0 Å². The van der Waals surface area contributed by atoms with Gasteiger partial charge in [-0.15, -0.1) is 0 Å². The summed E-state index contributed by atoms with van der Waals surface area (Å²) in [5, 5.41) is 5.31. The van der Waals surface area contributed by atoms with Gasteiger partial charge in [-0.05, 0) is 12.1 Å². The van der Waals surface area contributed by atoms with Gasteiger partial charge in [0.25, 0.3) is 5.56 Å². The zero-order chi connectivity index (χ0) is 11.8.